The molecule has 4 aliphatic heterocycles. The van der Waals surface area contributed by atoms with Crippen molar-refractivity contribution in [2.75, 3.05) is 117 Å². The van der Waals surface area contributed by atoms with Gasteiger partial charge in [-0.1, -0.05) is 191 Å². The number of amides is 2. The molecule has 648 valence electrons. The van der Waals surface area contributed by atoms with Crippen molar-refractivity contribution in [3.8, 4) is 12.1 Å². The quantitative estimate of drug-likeness (QED) is 0.0123. The zero-order valence-corrected chi connectivity index (χ0v) is 75.9. The Hall–Kier alpha value is -8.26. The minimum absolute atomic E-state index is 0.0937. The zero-order chi connectivity index (χ0) is 86.8. The summed E-state index contributed by atoms with van der Waals surface area (Å²) in [6.07, 6.45) is 0.0790. The Kier molecular flexibility index (Phi) is 44.3. The first-order chi connectivity index (χ1) is 55.0. The number of aliphatic hydroxyl groups is 1. The summed E-state index contributed by atoms with van der Waals surface area (Å²) in [7, 11) is -2.06. The lowest BCUT2D eigenvalue weighted by atomic mass is 9.97. The molecule has 5 aromatic carbocycles. The van der Waals surface area contributed by atoms with E-state index in [-0.39, 0.29) is 61.3 Å². The van der Waals surface area contributed by atoms with Crippen LogP contribution in [0.3, 0.4) is 0 Å². The standard InChI is InChI=1S/C23H36N2O5.C16H30N2O5.C15H18N2O2.C13H20N2O.C13H20N2Si.C11H19NSi/c1-22(2,3)29-20(26)24-12-18-14-25(13-17-10-8-7-9-11-17)15-19(18)16-28-21(27)30-23(4,5)6;1-15(2,3)22-13(19)18-9-11-7-17-8-12(11)10-21-14(20)23-16(4,5)6;1-2-19-15(18)14-11-17(10-13(14)8-16)9-12-6-4-3-5-7-12;14-6-12-8-15(9-13(12)10-16)7-11-4-2-1-3-5-11;1-16(2,3)12-15(10-9-14)11-13-7-5-4-6-8-13;1-13(2,3)10-12-9-11-7-5-4-6-8-11/h7-11,18-19H,12-16H2,1-6H3,(H,24,26);11-12,17H,7-10H2,1-6H3,(H,18,19);3-7,13-14H,2,9-11H2,1H3;1-5,12-13,16H,6-10,14H2;4-8H,10-12H2,1-3H3;4-8,12H,9-10H2,1-3H3/t18-,19-;11-,12+;13-,14+;12-,13-;;/m0100../s1. The maximum absolute atomic E-state index is 12.1. The van der Waals surface area contributed by atoms with Gasteiger partial charge in [-0.15, -0.1) is 0 Å². The molecule has 0 aromatic heterocycles. The zero-order valence-electron chi connectivity index (χ0n) is 73.9. The Bertz CT molecular complexity index is 3620. The van der Waals surface area contributed by atoms with Gasteiger partial charge >= 0.3 is 30.5 Å². The molecule has 0 radical (unpaired) electrons. The third kappa shape index (κ3) is 46.1. The number of likely N-dealkylation sites (tertiary alicyclic amines) is 3. The Balaban J connectivity index is 0.000000302. The maximum Gasteiger partial charge on any atom is 0.508 e. The molecule has 0 bridgehead atoms. The molecular formula is C91H143N11O13Si2. The van der Waals surface area contributed by atoms with Gasteiger partial charge in [-0.05, 0) is 160 Å². The number of ether oxygens (including phenoxy) is 7. The average molecular weight is 1660 g/mol. The molecule has 0 unspecified atom stereocenters. The van der Waals surface area contributed by atoms with Gasteiger partial charge in [-0.25, -0.2) is 19.2 Å². The van der Waals surface area contributed by atoms with E-state index < -0.39 is 63.0 Å². The lowest BCUT2D eigenvalue weighted by molar-refractivity contribution is -0.148. The van der Waals surface area contributed by atoms with E-state index in [2.05, 4.69) is 195 Å². The van der Waals surface area contributed by atoms with Crippen molar-refractivity contribution >= 4 is 46.6 Å². The molecule has 9 rings (SSSR count). The van der Waals surface area contributed by atoms with Crippen LogP contribution in [-0.2, 0) is 70.7 Å². The summed E-state index contributed by atoms with van der Waals surface area (Å²) in [4.78, 5) is 68.2. The molecule has 24 nitrogen and oxygen atoms in total. The molecule has 0 spiro atoms. The molecule has 5 aromatic rings. The molecule has 117 heavy (non-hydrogen) atoms. The molecule has 26 heteroatoms. The minimum Gasteiger partial charge on any atom is -0.466 e. The number of alkyl carbamates (subject to hydrolysis) is 2. The summed E-state index contributed by atoms with van der Waals surface area (Å²) in [5.41, 5.74) is 9.92. The smallest absolute Gasteiger partial charge is 0.466 e. The van der Waals surface area contributed by atoms with Gasteiger partial charge in [0.05, 0.1) is 66.5 Å². The van der Waals surface area contributed by atoms with Crippen LogP contribution in [-0.4, -0.2) is 211 Å². The van der Waals surface area contributed by atoms with E-state index in [9.17, 15) is 29.1 Å². The fraction of sp³-hybridized carbons (Fsp3) is 0.593. The molecule has 0 saturated carbocycles. The lowest BCUT2D eigenvalue weighted by Crippen LogP contribution is -2.40. The summed E-state index contributed by atoms with van der Waals surface area (Å²) < 4.78 is 36.5. The van der Waals surface area contributed by atoms with Crippen molar-refractivity contribution in [1.82, 2.24) is 40.9 Å². The number of nitriles is 2. The number of nitrogens with zero attached hydrogens (tertiary/aromatic N) is 6. The van der Waals surface area contributed by atoms with E-state index in [0.29, 0.717) is 57.7 Å². The Morgan fingerprint density at radius 2 is 0.897 bits per heavy atom. The van der Waals surface area contributed by atoms with Crippen molar-refractivity contribution in [3.05, 3.63) is 179 Å². The first kappa shape index (κ1) is 101. The van der Waals surface area contributed by atoms with E-state index in [1.807, 2.05) is 90.1 Å². The first-order valence-corrected chi connectivity index (χ1v) is 48.8. The van der Waals surface area contributed by atoms with Gasteiger partial charge in [0.15, 0.2) is 0 Å². The summed E-state index contributed by atoms with van der Waals surface area (Å²) in [5, 5.41) is 39.6. The number of hydrogen-bond acceptors (Lipinski definition) is 22. The molecule has 4 fully saturated rings. The molecule has 2 amide bonds. The van der Waals surface area contributed by atoms with Gasteiger partial charge in [0.25, 0.3) is 0 Å². The Labute approximate surface area is 702 Å². The van der Waals surface area contributed by atoms with E-state index in [1.54, 1.807) is 48.5 Å². The van der Waals surface area contributed by atoms with Crippen LogP contribution in [0.1, 0.15) is 118 Å². The monoisotopic (exact) mass is 1650 g/mol. The highest BCUT2D eigenvalue weighted by molar-refractivity contribution is 6.76. The first-order valence-electron chi connectivity index (χ1n) is 41.4. The second kappa shape index (κ2) is 51.3. The van der Waals surface area contributed by atoms with Crippen LogP contribution >= 0.6 is 0 Å². The fourth-order valence-electron chi connectivity index (χ4n) is 13.5. The number of carbonyl (C=O) groups is 5. The van der Waals surface area contributed by atoms with E-state index in [4.69, 9.17) is 49.4 Å². The number of nitrogens with one attached hydrogen (secondary N) is 4. The van der Waals surface area contributed by atoms with Crippen LogP contribution in [0.4, 0.5) is 19.2 Å². The van der Waals surface area contributed by atoms with Crippen LogP contribution in [0.2, 0.25) is 39.3 Å². The van der Waals surface area contributed by atoms with Gasteiger partial charge in [-0.2, -0.15) is 10.5 Å². The van der Waals surface area contributed by atoms with E-state index in [0.717, 1.165) is 78.2 Å². The Morgan fingerprint density at radius 1 is 0.504 bits per heavy atom. The minimum atomic E-state index is -1.14. The molecule has 4 aliphatic rings. The van der Waals surface area contributed by atoms with Crippen LogP contribution in [0.25, 0.3) is 0 Å². The molecule has 4 heterocycles. The van der Waals surface area contributed by atoms with Crippen molar-refractivity contribution in [3.63, 3.8) is 0 Å². The second-order valence-corrected chi connectivity index (χ2v) is 48.0. The predicted molar refractivity (Wildman–Crippen MR) is 469 cm³/mol. The highest BCUT2D eigenvalue weighted by Crippen LogP contribution is 2.29. The number of esters is 1. The molecule has 8 atom stereocenters. The van der Waals surface area contributed by atoms with Crippen LogP contribution in [0, 0.1) is 70.0 Å². The lowest BCUT2D eigenvalue weighted by Gasteiger charge is -2.26. The molecule has 7 N–H and O–H groups in total. The van der Waals surface area contributed by atoms with E-state index in [1.165, 1.54) is 34.0 Å². The number of benzene rings is 5. The average Bonchev–Trinajstić information content (AvgIpc) is 1.62. The van der Waals surface area contributed by atoms with Crippen molar-refractivity contribution < 1.29 is 62.2 Å². The number of carbonyl (C=O) groups excluding carboxylic acids is 5. The van der Waals surface area contributed by atoms with Gasteiger partial charge < -0.3 is 65.3 Å². The maximum atomic E-state index is 12.1. The summed E-state index contributed by atoms with van der Waals surface area (Å²) in [5.74, 6) is 0.547. The highest BCUT2D eigenvalue weighted by atomic mass is 28.3. The molecular weight excluding hydrogens is 1510 g/mol. The SMILES string of the molecule is CC(C)(C)OC(=O)NC[C@H]1CN(Cc2ccccc2)C[C@H]1COC(=O)OC(C)(C)C.CC(C)(C)OC(=O)NC[C@H]1CNC[C@H]1COC(=O)OC(C)(C)C.CCOC(=O)[C@@H]1CN(Cc2ccccc2)C[C@@H]1C#N.C[Si](C)(C)CN(CC#N)Cc1ccccc1.C[Si](C)(C)CNCc1ccccc1.NC[C@H]1CN(Cc2ccccc2)C[C@H]1CO. The van der Waals surface area contributed by atoms with Crippen LogP contribution in [0.15, 0.2) is 152 Å². The number of nitrogens with two attached hydrogens (primary N) is 1. The largest absolute Gasteiger partial charge is 0.508 e. The topological polar surface area (TPSA) is 305 Å². The van der Waals surface area contributed by atoms with Crippen molar-refractivity contribution in [2.45, 2.75) is 184 Å². The van der Waals surface area contributed by atoms with Gasteiger partial charge in [0.1, 0.15) is 22.4 Å². The van der Waals surface area contributed by atoms with Gasteiger partial charge in [0, 0.05) is 117 Å². The summed E-state index contributed by atoms with van der Waals surface area (Å²) in [6, 6.07) is 56.2. The summed E-state index contributed by atoms with van der Waals surface area (Å²) in [6.45, 7) is 51.7. The number of rotatable bonds is 27. The fourth-order valence-corrected chi connectivity index (χ4v) is 16.0. The molecule has 4 saturated heterocycles. The molecule has 0 aliphatic carbocycles. The van der Waals surface area contributed by atoms with Crippen molar-refractivity contribution in [1.29, 1.82) is 10.5 Å². The number of hydrogen-bond donors (Lipinski definition) is 6. The summed E-state index contributed by atoms with van der Waals surface area (Å²) >= 11 is 0. The van der Waals surface area contributed by atoms with Gasteiger partial charge in [-0.3, -0.25) is 24.4 Å². The second-order valence-electron chi connectivity index (χ2n) is 37.1. The van der Waals surface area contributed by atoms with Crippen LogP contribution < -0.4 is 27.0 Å². The van der Waals surface area contributed by atoms with Gasteiger partial charge in [0.2, 0.25) is 0 Å². The van der Waals surface area contributed by atoms with E-state index >= 15 is 0 Å². The third-order valence-corrected chi connectivity index (χ3v) is 21.4. The number of aliphatic hydroxyl groups excluding tert-OH is 1. The third-order valence-electron chi connectivity index (χ3n) is 18.7. The predicted octanol–water partition coefficient (Wildman–Crippen LogP) is 14.6. The Morgan fingerprint density at radius 3 is 1.29 bits per heavy atom. The van der Waals surface area contributed by atoms with Crippen molar-refractivity contribution in [2.24, 2.45) is 53.1 Å². The normalized spacial score (nSPS) is 19.5. The van der Waals surface area contributed by atoms with Crippen LogP contribution in [0.5, 0.6) is 0 Å². The highest BCUT2D eigenvalue weighted by Gasteiger charge is 2.40.